The zero-order valence-corrected chi connectivity index (χ0v) is 7.96. The van der Waals surface area contributed by atoms with Gasteiger partial charge >= 0.3 is 0 Å². The standard InChI is InChI=1S/C10H11NOS/c11-8-3-1-2-4-9(8)13-10-5-7(10)6-12/h1-4,6-7,10H,5,11H2. The summed E-state index contributed by atoms with van der Waals surface area (Å²) in [5.41, 5.74) is 6.58. The van der Waals surface area contributed by atoms with Crippen molar-refractivity contribution in [1.82, 2.24) is 0 Å². The number of nitrogens with two attached hydrogens (primary N) is 1. The minimum absolute atomic E-state index is 0.254. The molecule has 0 aromatic heterocycles. The number of aldehydes is 1. The molecule has 68 valence electrons. The van der Waals surface area contributed by atoms with E-state index < -0.39 is 0 Å². The summed E-state index contributed by atoms with van der Waals surface area (Å²) < 4.78 is 0. The molecule has 1 saturated carbocycles. The Morgan fingerprint density at radius 1 is 1.46 bits per heavy atom. The van der Waals surface area contributed by atoms with E-state index in [0.29, 0.717) is 5.25 Å². The normalized spacial score (nSPS) is 25.5. The lowest BCUT2D eigenvalue weighted by molar-refractivity contribution is -0.108. The fraction of sp³-hybridized carbons (Fsp3) is 0.300. The first kappa shape index (κ1) is 8.63. The Kier molecular flexibility index (Phi) is 2.27. The number of carbonyl (C=O) groups is 1. The summed E-state index contributed by atoms with van der Waals surface area (Å²) in [5, 5.41) is 0.460. The molecular formula is C10H11NOS. The maximum Gasteiger partial charge on any atom is 0.124 e. The van der Waals surface area contributed by atoms with Crippen LogP contribution in [0.4, 0.5) is 5.69 Å². The van der Waals surface area contributed by atoms with Gasteiger partial charge in [0.15, 0.2) is 0 Å². The van der Waals surface area contributed by atoms with E-state index in [4.69, 9.17) is 5.73 Å². The third-order valence-electron chi connectivity index (χ3n) is 2.15. The monoisotopic (exact) mass is 193 g/mol. The molecule has 3 heteroatoms. The lowest BCUT2D eigenvalue weighted by Gasteiger charge is -2.02. The minimum atomic E-state index is 0.254. The van der Waals surface area contributed by atoms with Crippen LogP contribution in [0.3, 0.4) is 0 Å². The Labute approximate surface area is 81.5 Å². The van der Waals surface area contributed by atoms with Gasteiger partial charge in [0.05, 0.1) is 0 Å². The van der Waals surface area contributed by atoms with E-state index in [1.807, 2.05) is 24.3 Å². The zero-order chi connectivity index (χ0) is 9.26. The van der Waals surface area contributed by atoms with E-state index in [2.05, 4.69) is 0 Å². The van der Waals surface area contributed by atoms with Crippen LogP contribution in [0.2, 0.25) is 0 Å². The molecule has 2 N–H and O–H groups in total. The van der Waals surface area contributed by atoms with Crippen molar-refractivity contribution in [1.29, 1.82) is 0 Å². The van der Waals surface area contributed by atoms with Gasteiger partial charge in [-0.05, 0) is 18.6 Å². The summed E-state index contributed by atoms with van der Waals surface area (Å²) in [6.45, 7) is 0. The second-order valence-electron chi connectivity index (χ2n) is 3.23. The maximum absolute atomic E-state index is 10.4. The van der Waals surface area contributed by atoms with Crippen LogP contribution in [-0.2, 0) is 4.79 Å². The number of benzene rings is 1. The van der Waals surface area contributed by atoms with Crippen molar-refractivity contribution < 1.29 is 4.79 Å². The van der Waals surface area contributed by atoms with Crippen LogP contribution in [0, 0.1) is 5.92 Å². The molecule has 0 spiro atoms. The number of rotatable bonds is 3. The molecular weight excluding hydrogens is 182 g/mol. The molecule has 2 nitrogen and oxygen atoms in total. The number of hydrogen-bond donors (Lipinski definition) is 1. The van der Waals surface area contributed by atoms with Crippen LogP contribution in [0.15, 0.2) is 29.2 Å². The van der Waals surface area contributed by atoms with Gasteiger partial charge in [-0.15, -0.1) is 11.8 Å². The SMILES string of the molecule is Nc1ccccc1SC1CC1C=O. The van der Waals surface area contributed by atoms with Gasteiger partial charge in [0.2, 0.25) is 0 Å². The molecule has 2 unspecified atom stereocenters. The van der Waals surface area contributed by atoms with E-state index in [9.17, 15) is 4.79 Å². The highest BCUT2D eigenvalue weighted by Gasteiger charge is 2.37. The van der Waals surface area contributed by atoms with E-state index >= 15 is 0 Å². The lowest BCUT2D eigenvalue weighted by Crippen LogP contribution is -1.89. The number of carbonyl (C=O) groups excluding carboxylic acids is 1. The fourth-order valence-electron chi connectivity index (χ4n) is 1.22. The second kappa shape index (κ2) is 3.42. The number of thioether (sulfide) groups is 1. The summed E-state index contributed by atoms with van der Waals surface area (Å²) in [5.74, 6) is 0.254. The van der Waals surface area contributed by atoms with Gasteiger partial charge in [0.25, 0.3) is 0 Å². The van der Waals surface area contributed by atoms with Crippen molar-refractivity contribution in [3.05, 3.63) is 24.3 Å². The summed E-state index contributed by atoms with van der Waals surface area (Å²) >= 11 is 1.71. The van der Waals surface area contributed by atoms with Crippen molar-refractivity contribution in [3.8, 4) is 0 Å². The number of anilines is 1. The van der Waals surface area contributed by atoms with Crippen LogP contribution in [0.1, 0.15) is 6.42 Å². The van der Waals surface area contributed by atoms with E-state index in [1.165, 1.54) is 0 Å². The first-order chi connectivity index (χ1) is 6.31. The predicted molar refractivity (Wildman–Crippen MR) is 54.7 cm³/mol. The number of hydrogen-bond acceptors (Lipinski definition) is 3. The van der Waals surface area contributed by atoms with Crippen LogP contribution >= 0.6 is 11.8 Å². The molecule has 2 atom stereocenters. The predicted octanol–water partition coefficient (Wildman–Crippen LogP) is 1.95. The molecule has 13 heavy (non-hydrogen) atoms. The number of para-hydroxylation sites is 1. The minimum Gasteiger partial charge on any atom is -0.398 e. The van der Waals surface area contributed by atoms with Crippen LogP contribution in [-0.4, -0.2) is 11.5 Å². The Morgan fingerprint density at radius 3 is 2.85 bits per heavy atom. The summed E-state index contributed by atoms with van der Waals surface area (Å²) in [4.78, 5) is 11.5. The van der Waals surface area contributed by atoms with Gasteiger partial charge in [0, 0.05) is 21.8 Å². The molecule has 0 heterocycles. The Balaban J connectivity index is 2.03. The van der Waals surface area contributed by atoms with E-state index in [0.717, 1.165) is 23.3 Å². The van der Waals surface area contributed by atoms with E-state index in [-0.39, 0.29) is 5.92 Å². The van der Waals surface area contributed by atoms with Gasteiger partial charge in [0.1, 0.15) is 6.29 Å². The lowest BCUT2D eigenvalue weighted by atomic mass is 10.3. The van der Waals surface area contributed by atoms with Crippen LogP contribution in [0.25, 0.3) is 0 Å². The highest BCUT2D eigenvalue weighted by Crippen LogP contribution is 2.45. The van der Waals surface area contributed by atoms with Gasteiger partial charge in [-0.3, -0.25) is 0 Å². The molecule has 0 bridgehead atoms. The Morgan fingerprint density at radius 2 is 2.23 bits per heavy atom. The van der Waals surface area contributed by atoms with Gasteiger partial charge in [-0.1, -0.05) is 12.1 Å². The molecule has 0 saturated heterocycles. The quantitative estimate of drug-likeness (QED) is 0.589. The molecule has 1 aromatic rings. The third-order valence-corrected chi connectivity index (χ3v) is 3.62. The molecule has 1 fully saturated rings. The molecule has 0 amide bonds. The third kappa shape index (κ3) is 1.86. The molecule has 1 aliphatic rings. The fourth-order valence-corrected chi connectivity index (χ4v) is 2.46. The van der Waals surface area contributed by atoms with Crippen LogP contribution < -0.4 is 5.73 Å². The smallest absolute Gasteiger partial charge is 0.124 e. The maximum atomic E-state index is 10.4. The van der Waals surface area contributed by atoms with Gasteiger partial charge in [-0.25, -0.2) is 0 Å². The number of nitrogen functional groups attached to an aromatic ring is 1. The van der Waals surface area contributed by atoms with Crippen molar-refractivity contribution in [2.24, 2.45) is 5.92 Å². The molecule has 0 radical (unpaired) electrons. The Hall–Kier alpha value is -0.960. The van der Waals surface area contributed by atoms with Gasteiger partial charge < -0.3 is 10.5 Å². The van der Waals surface area contributed by atoms with Crippen molar-refractivity contribution in [2.75, 3.05) is 5.73 Å². The topological polar surface area (TPSA) is 43.1 Å². The molecule has 1 aliphatic carbocycles. The molecule has 1 aromatic carbocycles. The highest BCUT2D eigenvalue weighted by atomic mass is 32.2. The molecule has 0 aliphatic heterocycles. The zero-order valence-electron chi connectivity index (χ0n) is 7.14. The average molecular weight is 193 g/mol. The average Bonchev–Trinajstić information content (AvgIpc) is 2.88. The van der Waals surface area contributed by atoms with Gasteiger partial charge in [-0.2, -0.15) is 0 Å². The van der Waals surface area contributed by atoms with Crippen LogP contribution in [0.5, 0.6) is 0 Å². The molecule has 2 rings (SSSR count). The Bertz CT molecular complexity index is 326. The summed E-state index contributed by atoms with van der Waals surface area (Å²) in [7, 11) is 0. The summed E-state index contributed by atoms with van der Waals surface area (Å²) in [6.07, 6.45) is 2.04. The largest absolute Gasteiger partial charge is 0.398 e. The summed E-state index contributed by atoms with van der Waals surface area (Å²) in [6, 6.07) is 7.78. The van der Waals surface area contributed by atoms with E-state index in [1.54, 1.807) is 11.8 Å². The second-order valence-corrected chi connectivity index (χ2v) is 4.51. The van der Waals surface area contributed by atoms with Crippen molar-refractivity contribution >= 4 is 23.7 Å². The first-order valence-corrected chi connectivity index (χ1v) is 5.15. The van der Waals surface area contributed by atoms with Crippen molar-refractivity contribution in [2.45, 2.75) is 16.6 Å². The highest BCUT2D eigenvalue weighted by molar-refractivity contribution is 8.00. The first-order valence-electron chi connectivity index (χ1n) is 4.27. The van der Waals surface area contributed by atoms with Crippen molar-refractivity contribution in [3.63, 3.8) is 0 Å².